The van der Waals surface area contributed by atoms with Gasteiger partial charge in [0.05, 0.1) is 4.90 Å². The highest BCUT2D eigenvalue weighted by Crippen LogP contribution is 2.16. The molecule has 0 fully saturated rings. The molecule has 0 aliphatic carbocycles. The average Bonchev–Trinajstić information content (AvgIpc) is 2.78. The van der Waals surface area contributed by atoms with Crippen molar-refractivity contribution in [2.24, 2.45) is 0 Å². The van der Waals surface area contributed by atoms with Crippen molar-refractivity contribution >= 4 is 27.6 Å². The summed E-state index contributed by atoms with van der Waals surface area (Å²) < 4.78 is 27.3. The van der Waals surface area contributed by atoms with Crippen LogP contribution < -0.4 is 14.9 Å². The maximum Gasteiger partial charge on any atom is 0.329 e. The molecule has 3 amide bonds. The monoisotopic (exact) mass is 451 g/mol. The molecular formula is C24H25N3O4S. The molecule has 8 heteroatoms. The van der Waals surface area contributed by atoms with E-state index in [-0.39, 0.29) is 17.2 Å². The van der Waals surface area contributed by atoms with Crippen molar-refractivity contribution in [1.29, 1.82) is 0 Å². The van der Waals surface area contributed by atoms with Crippen LogP contribution in [0.5, 0.6) is 0 Å². The third kappa shape index (κ3) is 5.73. The molecule has 0 saturated heterocycles. The van der Waals surface area contributed by atoms with Crippen LogP contribution in [0.1, 0.15) is 11.1 Å². The molecule has 0 heterocycles. The molecule has 3 aromatic carbocycles. The number of anilines is 1. The Morgan fingerprint density at radius 1 is 0.875 bits per heavy atom. The van der Waals surface area contributed by atoms with Crippen molar-refractivity contribution < 1.29 is 18.0 Å². The van der Waals surface area contributed by atoms with E-state index in [1.165, 1.54) is 11.0 Å². The Balaban J connectivity index is 1.81. The Hall–Kier alpha value is -3.65. The zero-order valence-electron chi connectivity index (χ0n) is 17.9. The van der Waals surface area contributed by atoms with Gasteiger partial charge in [-0.2, -0.15) is 0 Å². The fourth-order valence-corrected chi connectivity index (χ4v) is 4.45. The summed E-state index contributed by atoms with van der Waals surface area (Å²) in [6, 6.07) is 22.6. The van der Waals surface area contributed by atoms with Crippen molar-refractivity contribution in [2.75, 3.05) is 11.9 Å². The van der Waals surface area contributed by atoms with E-state index < -0.39 is 22.1 Å². The fraction of sp³-hybridized carbons (Fsp3) is 0.167. The number of benzene rings is 3. The number of nitrogens with one attached hydrogen (secondary N) is 2. The van der Waals surface area contributed by atoms with E-state index in [1.807, 2.05) is 41.1 Å². The van der Waals surface area contributed by atoms with Crippen LogP contribution >= 0.6 is 0 Å². The van der Waals surface area contributed by atoms with Gasteiger partial charge in [-0.05, 0) is 36.2 Å². The first kappa shape index (κ1) is 23.0. The molecule has 3 rings (SSSR count). The third-order valence-electron chi connectivity index (χ3n) is 4.97. The number of amides is 3. The van der Waals surface area contributed by atoms with E-state index in [1.54, 1.807) is 56.4 Å². The molecule has 0 saturated carbocycles. The summed E-state index contributed by atoms with van der Waals surface area (Å²) in [4.78, 5) is 27.3. The first-order chi connectivity index (χ1) is 15.3. The summed E-state index contributed by atoms with van der Waals surface area (Å²) in [7, 11) is -2.48. The summed E-state index contributed by atoms with van der Waals surface area (Å²) in [6.07, 6.45) is 0.203. The second-order valence-corrected chi connectivity index (χ2v) is 8.97. The highest BCUT2D eigenvalue weighted by Gasteiger charge is 2.27. The number of aryl methyl sites for hydroxylation is 1. The quantitative estimate of drug-likeness (QED) is 0.576. The van der Waals surface area contributed by atoms with Gasteiger partial charge in [0.1, 0.15) is 6.04 Å². The Morgan fingerprint density at radius 3 is 2.06 bits per heavy atom. The van der Waals surface area contributed by atoms with E-state index in [2.05, 4.69) is 5.32 Å². The Morgan fingerprint density at radius 2 is 1.44 bits per heavy atom. The van der Waals surface area contributed by atoms with E-state index in [0.29, 0.717) is 11.3 Å². The molecule has 0 aromatic heterocycles. The second kappa shape index (κ2) is 10.1. The smallest absolute Gasteiger partial charge is 0.325 e. The lowest BCUT2D eigenvalue weighted by atomic mass is 10.0. The van der Waals surface area contributed by atoms with Crippen molar-refractivity contribution in [3.05, 3.63) is 96.1 Å². The predicted molar refractivity (Wildman–Crippen MR) is 124 cm³/mol. The van der Waals surface area contributed by atoms with Gasteiger partial charge in [0.25, 0.3) is 10.0 Å². The van der Waals surface area contributed by atoms with Crippen LogP contribution in [-0.2, 0) is 21.2 Å². The van der Waals surface area contributed by atoms with Crippen LogP contribution in [0, 0.1) is 6.92 Å². The number of para-hydroxylation sites is 1. The van der Waals surface area contributed by atoms with Gasteiger partial charge in [-0.3, -0.25) is 4.79 Å². The zero-order valence-corrected chi connectivity index (χ0v) is 18.7. The number of rotatable bonds is 7. The molecule has 32 heavy (non-hydrogen) atoms. The van der Waals surface area contributed by atoms with Crippen LogP contribution in [-0.4, -0.2) is 33.4 Å². The molecule has 0 aliphatic rings. The molecule has 0 unspecified atom stereocenters. The van der Waals surface area contributed by atoms with Gasteiger partial charge in [-0.25, -0.2) is 17.9 Å². The highest BCUT2D eigenvalue weighted by atomic mass is 32.2. The third-order valence-corrected chi connectivity index (χ3v) is 6.46. The Labute approximate surface area is 188 Å². The molecule has 0 bridgehead atoms. The lowest BCUT2D eigenvalue weighted by Gasteiger charge is -2.25. The van der Waals surface area contributed by atoms with E-state index in [4.69, 9.17) is 0 Å². The number of urea groups is 1. The largest absolute Gasteiger partial charge is 0.329 e. The average molecular weight is 452 g/mol. The molecular weight excluding hydrogens is 426 g/mol. The van der Waals surface area contributed by atoms with Crippen molar-refractivity contribution in [1.82, 2.24) is 10.0 Å². The molecule has 166 valence electrons. The molecule has 2 N–H and O–H groups in total. The minimum absolute atomic E-state index is 0.00231. The maximum atomic E-state index is 13.2. The molecule has 3 aromatic rings. The number of carbonyl (C=O) groups is 2. The van der Waals surface area contributed by atoms with Gasteiger partial charge < -0.3 is 10.2 Å². The van der Waals surface area contributed by atoms with Gasteiger partial charge in [-0.1, -0.05) is 66.7 Å². The normalized spacial score (nSPS) is 11.9. The first-order valence-electron chi connectivity index (χ1n) is 10.0. The number of nitrogens with zero attached hydrogens (tertiary/aromatic N) is 1. The topological polar surface area (TPSA) is 95.6 Å². The molecule has 0 radical (unpaired) electrons. The predicted octanol–water partition coefficient (Wildman–Crippen LogP) is 3.26. The number of hydrogen-bond donors (Lipinski definition) is 2. The fourth-order valence-electron chi connectivity index (χ4n) is 3.29. The summed E-state index contributed by atoms with van der Waals surface area (Å²) in [5, 5.41) is 2.54. The van der Waals surface area contributed by atoms with Gasteiger partial charge in [0.15, 0.2) is 0 Å². The SMILES string of the molecule is Cc1ccccc1S(=O)(=O)NC(=O)N[C@@H](Cc1ccccc1)C(=O)N(C)c1ccccc1. The van der Waals surface area contributed by atoms with E-state index in [9.17, 15) is 18.0 Å². The van der Waals surface area contributed by atoms with E-state index in [0.717, 1.165) is 5.56 Å². The summed E-state index contributed by atoms with van der Waals surface area (Å²) in [5.74, 6) is -0.372. The molecule has 1 atom stereocenters. The van der Waals surface area contributed by atoms with Gasteiger partial charge in [-0.15, -0.1) is 0 Å². The van der Waals surface area contributed by atoms with Crippen LogP contribution in [0.3, 0.4) is 0 Å². The zero-order chi connectivity index (χ0) is 23.1. The highest BCUT2D eigenvalue weighted by molar-refractivity contribution is 7.90. The summed E-state index contributed by atoms with van der Waals surface area (Å²) in [6.45, 7) is 1.64. The minimum atomic E-state index is -4.09. The van der Waals surface area contributed by atoms with Crippen molar-refractivity contribution in [3.63, 3.8) is 0 Å². The summed E-state index contributed by atoms with van der Waals surface area (Å²) >= 11 is 0. The van der Waals surface area contributed by atoms with Crippen LogP contribution in [0.15, 0.2) is 89.8 Å². The number of hydrogen-bond acceptors (Lipinski definition) is 4. The minimum Gasteiger partial charge on any atom is -0.325 e. The Kier molecular flexibility index (Phi) is 7.27. The van der Waals surface area contributed by atoms with Crippen molar-refractivity contribution in [2.45, 2.75) is 24.3 Å². The maximum absolute atomic E-state index is 13.2. The van der Waals surface area contributed by atoms with Crippen LogP contribution in [0.2, 0.25) is 0 Å². The van der Waals surface area contributed by atoms with E-state index >= 15 is 0 Å². The standard InChI is InChI=1S/C24H25N3O4S/c1-18-11-9-10-16-22(18)32(30,31)26-24(29)25-21(17-19-12-5-3-6-13-19)23(28)27(2)20-14-7-4-8-15-20/h3-16,21H,17H2,1-2H3,(H2,25,26,29)/t21-/m0/s1. The van der Waals surface area contributed by atoms with Crippen LogP contribution in [0.4, 0.5) is 10.5 Å². The number of sulfonamides is 1. The lowest BCUT2D eigenvalue weighted by molar-refractivity contribution is -0.120. The van der Waals surface area contributed by atoms with Crippen molar-refractivity contribution in [3.8, 4) is 0 Å². The molecule has 7 nitrogen and oxygen atoms in total. The number of likely N-dealkylation sites (N-methyl/N-ethyl adjacent to an activating group) is 1. The van der Waals surface area contributed by atoms with Gasteiger partial charge >= 0.3 is 6.03 Å². The van der Waals surface area contributed by atoms with Crippen LogP contribution in [0.25, 0.3) is 0 Å². The second-order valence-electron chi connectivity index (χ2n) is 7.32. The first-order valence-corrected chi connectivity index (χ1v) is 11.5. The molecule has 0 spiro atoms. The lowest BCUT2D eigenvalue weighted by Crippen LogP contribution is -2.52. The van der Waals surface area contributed by atoms with Gasteiger partial charge in [0, 0.05) is 19.2 Å². The summed E-state index contributed by atoms with van der Waals surface area (Å²) in [5.41, 5.74) is 1.99. The Bertz CT molecular complexity index is 1180. The van der Waals surface area contributed by atoms with Gasteiger partial charge in [0.2, 0.25) is 5.91 Å². The molecule has 0 aliphatic heterocycles. The number of carbonyl (C=O) groups excluding carboxylic acids is 2.